The lowest BCUT2D eigenvalue weighted by atomic mass is 10.1. The van der Waals surface area contributed by atoms with Crippen molar-refractivity contribution in [3.63, 3.8) is 0 Å². The topological polar surface area (TPSA) is 88.4 Å². The molecule has 7 nitrogen and oxygen atoms in total. The molecule has 0 unspecified atom stereocenters. The summed E-state index contributed by atoms with van der Waals surface area (Å²) in [4.78, 5) is 30.7. The number of rotatable bonds is 8. The molecule has 10 heteroatoms. The lowest BCUT2D eigenvalue weighted by molar-refractivity contribution is -0.122. The normalized spacial score (nSPS) is 15.5. The van der Waals surface area contributed by atoms with Crippen LogP contribution in [0.2, 0.25) is 5.02 Å². The maximum atomic E-state index is 14.0. The van der Waals surface area contributed by atoms with Crippen LogP contribution in [0.1, 0.15) is 28.4 Å². The third-order valence-electron chi connectivity index (χ3n) is 5.40. The molecule has 1 amide bonds. The van der Waals surface area contributed by atoms with Crippen molar-refractivity contribution in [2.75, 3.05) is 13.7 Å². The molecule has 1 saturated heterocycles. The van der Waals surface area contributed by atoms with Crippen molar-refractivity contribution in [3.05, 3.63) is 93.1 Å². The van der Waals surface area contributed by atoms with E-state index in [0.29, 0.717) is 39.2 Å². The molecule has 1 aliphatic rings. The van der Waals surface area contributed by atoms with Gasteiger partial charge in [-0.25, -0.2) is 14.2 Å². The minimum absolute atomic E-state index is 0.0358. The highest BCUT2D eigenvalue weighted by molar-refractivity contribution is 8.18. The van der Waals surface area contributed by atoms with Gasteiger partial charge in [-0.2, -0.15) is 0 Å². The summed E-state index contributed by atoms with van der Waals surface area (Å²) < 4.78 is 25.2. The lowest BCUT2D eigenvalue weighted by Gasteiger charge is -2.14. The SMILES string of the molecule is CCN1C(=O)/C(=C/c2cc(Cl)c(OCc3ccccc3F)c(OC)c2)SC1=Nc1cccc(C(=O)O)c1. The van der Waals surface area contributed by atoms with Crippen LogP contribution in [0, 0.1) is 5.82 Å². The summed E-state index contributed by atoms with van der Waals surface area (Å²) in [5.41, 5.74) is 1.51. The molecule has 0 atom stereocenters. The third-order valence-corrected chi connectivity index (χ3v) is 6.69. The summed E-state index contributed by atoms with van der Waals surface area (Å²) in [7, 11) is 1.46. The number of ether oxygens (including phenoxy) is 2. The standard InChI is InChI=1S/C27H22ClFN2O5S/c1-3-31-25(32)23(37-27(31)30-19-9-6-8-17(14-19)26(33)34)13-16-11-20(28)24(22(12-16)35-2)36-15-18-7-4-5-10-21(18)29/h4-14H,3,15H2,1-2H3,(H,33,34)/b23-13-,30-27?. The van der Waals surface area contributed by atoms with Gasteiger partial charge in [0.1, 0.15) is 12.4 Å². The Balaban J connectivity index is 1.60. The van der Waals surface area contributed by atoms with Gasteiger partial charge < -0.3 is 14.6 Å². The Morgan fingerprint density at radius 3 is 2.68 bits per heavy atom. The molecule has 3 aromatic carbocycles. The number of carboxylic acids is 1. The zero-order valence-electron chi connectivity index (χ0n) is 19.9. The number of thioether (sulfide) groups is 1. The van der Waals surface area contributed by atoms with E-state index in [1.165, 1.54) is 42.0 Å². The number of methoxy groups -OCH3 is 1. The maximum Gasteiger partial charge on any atom is 0.335 e. The van der Waals surface area contributed by atoms with Crippen LogP contribution in [-0.4, -0.2) is 40.7 Å². The second-order valence-corrected chi connectivity index (χ2v) is 9.24. The van der Waals surface area contributed by atoms with E-state index in [-0.39, 0.29) is 34.7 Å². The molecule has 190 valence electrons. The number of likely N-dealkylation sites (N-methyl/N-ethyl adjacent to an activating group) is 1. The number of halogens is 2. The minimum Gasteiger partial charge on any atom is -0.493 e. The van der Waals surface area contributed by atoms with Crippen molar-refractivity contribution in [2.45, 2.75) is 13.5 Å². The molecule has 0 saturated carbocycles. The van der Waals surface area contributed by atoms with Crippen molar-refractivity contribution < 1.29 is 28.6 Å². The molecule has 1 N–H and O–H groups in total. The first kappa shape index (κ1) is 26.2. The molecular formula is C27H22ClFN2O5S. The van der Waals surface area contributed by atoms with Gasteiger partial charge in [0.25, 0.3) is 5.91 Å². The number of carbonyl (C=O) groups excluding carboxylic acids is 1. The van der Waals surface area contributed by atoms with Crippen LogP contribution in [0.5, 0.6) is 11.5 Å². The van der Waals surface area contributed by atoms with E-state index in [2.05, 4.69) is 4.99 Å². The monoisotopic (exact) mass is 540 g/mol. The van der Waals surface area contributed by atoms with Crippen molar-refractivity contribution in [1.82, 2.24) is 4.90 Å². The van der Waals surface area contributed by atoms with E-state index in [9.17, 15) is 19.1 Å². The van der Waals surface area contributed by atoms with E-state index in [0.717, 1.165) is 0 Å². The summed E-state index contributed by atoms with van der Waals surface area (Å²) in [5, 5.41) is 9.91. The predicted octanol–water partition coefficient (Wildman–Crippen LogP) is 6.39. The second-order valence-electron chi connectivity index (χ2n) is 7.82. The largest absolute Gasteiger partial charge is 0.493 e. The van der Waals surface area contributed by atoms with Crippen molar-refractivity contribution in [3.8, 4) is 11.5 Å². The summed E-state index contributed by atoms with van der Waals surface area (Å²) in [6.07, 6.45) is 1.67. The van der Waals surface area contributed by atoms with Gasteiger partial charge >= 0.3 is 5.97 Å². The molecule has 4 rings (SSSR count). The number of aromatic carboxylic acids is 1. The lowest BCUT2D eigenvalue weighted by Crippen LogP contribution is -2.28. The summed E-state index contributed by atoms with van der Waals surface area (Å²) in [6, 6.07) is 15.8. The van der Waals surface area contributed by atoms with Crippen LogP contribution in [0.15, 0.2) is 70.6 Å². The van der Waals surface area contributed by atoms with Crippen LogP contribution in [0.4, 0.5) is 10.1 Å². The number of carboxylic acid groups (broad SMARTS) is 1. The van der Waals surface area contributed by atoms with Gasteiger partial charge in [0.15, 0.2) is 16.7 Å². The van der Waals surface area contributed by atoms with Gasteiger partial charge in [-0.05, 0) is 66.7 Å². The van der Waals surface area contributed by atoms with Crippen LogP contribution >= 0.6 is 23.4 Å². The number of amidine groups is 1. The molecule has 1 fully saturated rings. The molecule has 0 bridgehead atoms. The maximum absolute atomic E-state index is 14.0. The van der Waals surface area contributed by atoms with Crippen molar-refractivity contribution >= 4 is 52.2 Å². The highest BCUT2D eigenvalue weighted by atomic mass is 35.5. The van der Waals surface area contributed by atoms with Gasteiger partial charge in [0, 0.05) is 12.1 Å². The minimum atomic E-state index is -1.06. The molecule has 1 heterocycles. The van der Waals surface area contributed by atoms with Gasteiger partial charge in [-0.3, -0.25) is 9.69 Å². The Bertz CT molecular complexity index is 1430. The third kappa shape index (κ3) is 5.95. The molecule has 0 spiro atoms. The Kier molecular flexibility index (Phi) is 8.15. The molecule has 3 aromatic rings. The van der Waals surface area contributed by atoms with Crippen LogP contribution < -0.4 is 9.47 Å². The second kappa shape index (κ2) is 11.5. The summed E-state index contributed by atoms with van der Waals surface area (Å²) >= 11 is 7.64. The first-order chi connectivity index (χ1) is 17.8. The van der Waals surface area contributed by atoms with E-state index < -0.39 is 5.97 Å². The van der Waals surface area contributed by atoms with Crippen molar-refractivity contribution in [1.29, 1.82) is 0 Å². The summed E-state index contributed by atoms with van der Waals surface area (Å²) in [5.74, 6) is -1.09. The quantitative estimate of drug-likeness (QED) is 0.333. The van der Waals surface area contributed by atoms with E-state index in [1.807, 2.05) is 6.92 Å². The van der Waals surface area contributed by atoms with Crippen LogP contribution in [0.25, 0.3) is 6.08 Å². The average Bonchev–Trinajstić information content (AvgIpc) is 3.17. The molecule has 0 aromatic heterocycles. The van der Waals surface area contributed by atoms with Gasteiger partial charge in [-0.1, -0.05) is 35.9 Å². The first-order valence-electron chi connectivity index (χ1n) is 11.2. The van der Waals surface area contributed by atoms with Gasteiger partial charge in [0.2, 0.25) is 0 Å². The Hall–Kier alpha value is -3.82. The number of benzene rings is 3. The number of hydrogen-bond acceptors (Lipinski definition) is 6. The summed E-state index contributed by atoms with van der Waals surface area (Å²) in [6.45, 7) is 2.17. The molecular weight excluding hydrogens is 519 g/mol. The van der Waals surface area contributed by atoms with Gasteiger partial charge in [0.05, 0.1) is 28.3 Å². The Morgan fingerprint density at radius 2 is 1.97 bits per heavy atom. The van der Waals surface area contributed by atoms with E-state index >= 15 is 0 Å². The fourth-order valence-corrected chi connectivity index (χ4v) is 4.91. The highest BCUT2D eigenvalue weighted by Crippen LogP contribution is 2.40. The zero-order chi connectivity index (χ0) is 26.5. The fourth-order valence-electron chi connectivity index (χ4n) is 3.57. The van der Waals surface area contributed by atoms with Crippen LogP contribution in [0.3, 0.4) is 0 Å². The number of amides is 1. The molecule has 1 aliphatic heterocycles. The zero-order valence-corrected chi connectivity index (χ0v) is 21.5. The number of hydrogen-bond donors (Lipinski definition) is 1. The van der Waals surface area contributed by atoms with E-state index in [1.54, 1.807) is 48.5 Å². The van der Waals surface area contributed by atoms with Gasteiger partial charge in [-0.15, -0.1) is 0 Å². The van der Waals surface area contributed by atoms with Crippen LogP contribution in [-0.2, 0) is 11.4 Å². The molecule has 37 heavy (non-hydrogen) atoms. The van der Waals surface area contributed by atoms with Crippen molar-refractivity contribution in [2.24, 2.45) is 4.99 Å². The number of carbonyl (C=O) groups is 2. The Morgan fingerprint density at radius 1 is 1.19 bits per heavy atom. The molecule has 0 aliphatic carbocycles. The highest BCUT2D eigenvalue weighted by Gasteiger charge is 2.32. The fraction of sp³-hybridized carbons (Fsp3) is 0.148. The Labute approximate surface area is 222 Å². The number of aliphatic imine (C=N–C) groups is 1. The molecule has 0 radical (unpaired) electrons. The predicted molar refractivity (Wildman–Crippen MR) is 142 cm³/mol. The smallest absolute Gasteiger partial charge is 0.335 e. The van der Waals surface area contributed by atoms with E-state index in [4.69, 9.17) is 21.1 Å². The first-order valence-corrected chi connectivity index (χ1v) is 12.4. The average molecular weight is 541 g/mol. The number of nitrogens with zero attached hydrogens (tertiary/aromatic N) is 2.